The van der Waals surface area contributed by atoms with Crippen molar-refractivity contribution in [3.8, 4) is 0 Å². The molecule has 4 N–H and O–H groups in total. The maximum Gasteiger partial charge on any atom is 0.405 e. The third kappa shape index (κ3) is 7.78. The van der Waals surface area contributed by atoms with Crippen LogP contribution in [0.15, 0.2) is 48.5 Å². The van der Waals surface area contributed by atoms with E-state index in [4.69, 9.17) is 10.5 Å². The van der Waals surface area contributed by atoms with Crippen molar-refractivity contribution in [2.45, 2.75) is 65.0 Å². The lowest BCUT2D eigenvalue weighted by Crippen LogP contribution is -2.37. The zero-order valence-corrected chi connectivity index (χ0v) is 18.3. The quantitative estimate of drug-likeness (QED) is 0.542. The molecule has 0 radical (unpaired) electrons. The summed E-state index contributed by atoms with van der Waals surface area (Å²) in [5.74, 6) is 0. The summed E-state index contributed by atoms with van der Waals surface area (Å²) >= 11 is 0. The van der Waals surface area contributed by atoms with Crippen molar-refractivity contribution >= 4 is 17.8 Å². The highest BCUT2D eigenvalue weighted by Crippen LogP contribution is 2.19. The fourth-order valence-electron chi connectivity index (χ4n) is 3.36. The molecule has 0 unspecified atom stereocenters. The third-order valence-electron chi connectivity index (χ3n) is 4.97. The molecule has 6 nitrogen and oxygen atoms in total. The van der Waals surface area contributed by atoms with Crippen LogP contribution >= 0.6 is 0 Å². The van der Waals surface area contributed by atoms with Gasteiger partial charge in [0, 0.05) is 18.2 Å². The molecule has 6 heteroatoms. The van der Waals surface area contributed by atoms with Crippen LogP contribution < -0.4 is 16.4 Å². The molecular formula is C24H33N3O3. The number of carbonyl (C=O) groups excluding carboxylic acids is 2. The molecule has 0 saturated carbocycles. The van der Waals surface area contributed by atoms with E-state index in [0.717, 1.165) is 36.1 Å². The molecule has 0 fully saturated rings. The second-order valence-corrected chi connectivity index (χ2v) is 8.16. The van der Waals surface area contributed by atoms with Crippen molar-refractivity contribution in [2.75, 3.05) is 5.32 Å². The van der Waals surface area contributed by atoms with Crippen molar-refractivity contribution in [1.29, 1.82) is 0 Å². The normalized spacial score (nSPS) is 11.2. The van der Waals surface area contributed by atoms with Gasteiger partial charge in [0.2, 0.25) is 0 Å². The van der Waals surface area contributed by atoms with Gasteiger partial charge in [-0.3, -0.25) is 0 Å². The number of nitrogens with two attached hydrogens (primary N) is 1. The van der Waals surface area contributed by atoms with Gasteiger partial charge < -0.3 is 21.1 Å². The van der Waals surface area contributed by atoms with Gasteiger partial charge in [-0.25, -0.2) is 9.59 Å². The van der Waals surface area contributed by atoms with E-state index in [1.807, 2.05) is 50.2 Å². The molecule has 0 aliphatic rings. The summed E-state index contributed by atoms with van der Waals surface area (Å²) in [6.07, 6.45) is 2.45. The number of hydrogen-bond acceptors (Lipinski definition) is 3. The fraction of sp³-hybridized carbons (Fsp3) is 0.417. The van der Waals surface area contributed by atoms with Crippen LogP contribution in [0.25, 0.3) is 0 Å². The predicted octanol–water partition coefficient (Wildman–Crippen LogP) is 5.00. The molecule has 2 aromatic carbocycles. The third-order valence-corrected chi connectivity index (χ3v) is 4.97. The zero-order chi connectivity index (χ0) is 22.1. The van der Waals surface area contributed by atoms with E-state index in [0.29, 0.717) is 6.42 Å². The summed E-state index contributed by atoms with van der Waals surface area (Å²) in [4.78, 5) is 23.0. The Balaban J connectivity index is 1.91. The molecule has 0 heterocycles. The highest BCUT2D eigenvalue weighted by molar-refractivity contribution is 5.89. The van der Waals surface area contributed by atoms with Crippen molar-refractivity contribution in [1.82, 2.24) is 5.32 Å². The van der Waals surface area contributed by atoms with Crippen LogP contribution in [-0.2, 0) is 17.6 Å². The molecule has 0 atom stereocenters. The number of carbonyl (C=O) groups is 2. The van der Waals surface area contributed by atoms with Crippen LogP contribution in [0.4, 0.5) is 15.3 Å². The van der Waals surface area contributed by atoms with Gasteiger partial charge in [-0.1, -0.05) is 50.2 Å². The molecule has 30 heavy (non-hydrogen) atoms. The lowest BCUT2D eigenvalue weighted by atomic mass is 9.96. The van der Waals surface area contributed by atoms with Gasteiger partial charge >= 0.3 is 12.1 Å². The average molecular weight is 412 g/mol. The summed E-state index contributed by atoms with van der Waals surface area (Å²) in [6.45, 7) is 7.80. The number of ether oxygens (including phenoxy) is 1. The van der Waals surface area contributed by atoms with Crippen LogP contribution in [0.2, 0.25) is 0 Å². The van der Waals surface area contributed by atoms with Crippen LogP contribution in [-0.4, -0.2) is 23.8 Å². The Bertz CT molecular complexity index is 826. The van der Waals surface area contributed by atoms with Crippen LogP contribution in [0.5, 0.6) is 0 Å². The Labute approximate surface area is 179 Å². The second kappa shape index (κ2) is 10.7. The van der Waals surface area contributed by atoms with Gasteiger partial charge in [0.05, 0.1) is 0 Å². The Morgan fingerprint density at radius 3 is 1.93 bits per heavy atom. The predicted molar refractivity (Wildman–Crippen MR) is 121 cm³/mol. The van der Waals surface area contributed by atoms with E-state index in [1.54, 1.807) is 0 Å². The number of hydrogen-bond donors (Lipinski definition) is 3. The van der Waals surface area contributed by atoms with Crippen LogP contribution in [0.1, 0.15) is 57.2 Å². The molecule has 0 bridgehead atoms. The van der Waals surface area contributed by atoms with Crippen molar-refractivity contribution < 1.29 is 14.3 Å². The SMILES string of the molecule is CCC(CC)NC(=O)Nc1ccc(Cc2ccc(CC(C)(C)OC(N)=O)cc2)cc1. The van der Waals surface area contributed by atoms with E-state index in [1.165, 1.54) is 5.56 Å². The zero-order valence-electron chi connectivity index (χ0n) is 18.3. The lowest BCUT2D eigenvalue weighted by molar-refractivity contribution is 0.0460. The molecule has 2 rings (SSSR count). The minimum Gasteiger partial charge on any atom is -0.443 e. The van der Waals surface area contributed by atoms with Crippen LogP contribution in [0.3, 0.4) is 0 Å². The van der Waals surface area contributed by atoms with E-state index in [9.17, 15) is 9.59 Å². The first-order valence-corrected chi connectivity index (χ1v) is 10.4. The lowest BCUT2D eigenvalue weighted by Gasteiger charge is -2.24. The summed E-state index contributed by atoms with van der Waals surface area (Å²) < 4.78 is 5.14. The highest BCUT2D eigenvalue weighted by atomic mass is 16.6. The number of anilines is 1. The molecule has 0 aliphatic carbocycles. The maximum absolute atomic E-state index is 12.0. The topological polar surface area (TPSA) is 93.4 Å². The average Bonchev–Trinajstić information content (AvgIpc) is 2.68. The smallest absolute Gasteiger partial charge is 0.405 e. The van der Waals surface area contributed by atoms with Gasteiger partial charge in [-0.15, -0.1) is 0 Å². The summed E-state index contributed by atoms with van der Waals surface area (Å²) in [6, 6.07) is 16.1. The first-order valence-electron chi connectivity index (χ1n) is 10.4. The molecule has 0 saturated heterocycles. The molecular weight excluding hydrogens is 378 g/mol. The Morgan fingerprint density at radius 1 is 0.933 bits per heavy atom. The molecule has 162 valence electrons. The molecule has 0 aliphatic heterocycles. The number of rotatable bonds is 9. The van der Waals surface area contributed by atoms with Gasteiger partial charge in [-0.2, -0.15) is 0 Å². The summed E-state index contributed by atoms with van der Waals surface area (Å²) in [5.41, 5.74) is 8.67. The van der Waals surface area contributed by atoms with Gasteiger partial charge in [0.1, 0.15) is 5.60 Å². The number of amides is 3. The van der Waals surface area contributed by atoms with Crippen molar-refractivity contribution in [2.24, 2.45) is 5.73 Å². The van der Waals surface area contributed by atoms with E-state index < -0.39 is 11.7 Å². The first kappa shape index (κ1) is 23.3. The molecule has 2 aromatic rings. The monoisotopic (exact) mass is 411 g/mol. The number of nitrogens with one attached hydrogen (secondary N) is 2. The maximum atomic E-state index is 12.0. The van der Waals surface area contributed by atoms with Gasteiger partial charge in [-0.05, 0) is 61.9 Å². The summed E-state index contributed by atoms with van der Waals surface area (Å²) in [5, 5.41) is 5.85. The van der Waals surface area contributed by atoms with Crippen LogP contribution in [0, 0.1) is 0 Å². The standard InChI is InChI=1S/C24H33N3O3/c1-5-20(6-2)26-23(29)27-21-13-11-18(12-14-21)15-17-7-9-19(10-8-17)16-24(3,4)30-22(25)28/h7-14,20H,5-6,15-16H2,1-4H3,(H2,25,28)(H2,26,27,29). The second-order valence-electron chi connectivity index (χ2n) is 8.16. The first-order chi connectivity index (χ1) is 14.2. The van der Waals surface area contributed by atoms with Crippen molar-refractivity contribution in [3.63, 3.8) is 0 Å². The Hall–Kier alpha value is -3.02. The number of primary amides is 1. The van der Waals surface area contributed by atoms with Gasteiger partial charge in [0.25, 0.3) is 0 Å². The molecule has 0 aromatic heterocycles. The Morgan fingerprint density at radius 2 is 1.43 bits per heavy atom. The van der Waals surface area contributed by atoms with E-state index in [-0.39, 0.29) is 12.1 Å². The fourth-order valence-corrected chi connectivity index (χ4v) is 3.36. The molecule has 3 amide bonds. The minimum atomic E-state index is -0.761. The van der Waals surface area contributed by atoms with E-state index >= 15 is 0 Å². The number of urea groups is 1. The van der Waals surface area contributed by atoms with E-state index in [2.05, 4.69) is 36.6 Å². The Kier molecular flexibility index (Phi) is 8.27. The minimum absolute atomic E-state index is 0.171. The number of benzene rings is 2. The highest BCUT2D eigenvalue weighted by Gasteiger charge is 2.22. The van der Waals surface area contributed by atoms with Crippen molar-refractivity contribution in [3.05, 3.63) is 65.2 Å². The molecule has 0 spiro atoms. The van der Waals surface area contributed by atoms with Gasteiger partial charge in [0.15, 0.2) is 0 Å². The largest absolute Gasteiger partial charge is 0.443 e. The summed E-state index contributed by atoms with van der Waals surface area (Å²) in [7, 11) is 0.